The van der Waals surface area contributed by atoms with Crippen LogP contribution in [-0.4, -0.2) is 35.7 Å². The van der Waals surface area contributed by atoms with Gasteiger partial charge in [-0.3, -0.25) is 9.69 Å². The zero-order valence-electron chi connectivity index (χ0n) is 16.4. The first-order valence-corrected chi connectivity index (χ1v) is 9.31. The molecule has 1 heterocycles. The van der Waals surface area contributed by atoms with Gasteiger partial charge in [-0.05, 0) is 50.1 Å². The molecule has 0 bridgehead atoms. The van der Waals surface area contributed by atoms with Crippen molar-refractivity contribution in [2.45, 2.75) is 32.5 Å². The van der Waals surface area contributed by atoms with Crippen molar-refractivity contribution in [1.82, 2.24) is 4.90 Å². The predicted octanol–water partition coefficient (Wildman–Crippen LogP) is 5.21. The number of rotatable bonds is 2. The second-order valence-corrected chi connectivity index (χ2v) is 8.13. The Morgan fingerprint density at radius 3 is 2.39 bits per heavy atom. The summed E-state index contributed by atoms with van der Waals surface area (Å²) in [4.78, 5) is 29.1. The number of ether oxygens (including phenoxy) is 1. The van der Waals surface area contributed by atoms with Gasteiger partial charge in [-0.1, -0.05) is 48.5 Å². The van der Waals surface area contributed by atoms with E-state index in [1.54, 1.807) is 46.0 Å². The van der Waals surface area contributed by atoms with Gasteiger partial charge < -0.3 is 9.64 Å². The molecule has 146 valence electrons. The average molecular weight is 399 g/mol. The highest BCUT2D eigenvalue weighted by atomic mass is 35.5. The lowest BCUT2D eigenvalue weighted by molar-refractivity contribution is 0.0516. The smallest absolute Gasteiger partial charge is 0.416 e. The van der Waals surface area contributed by atoms with Gasteiger partial charge in [0, 0.05) is 12.1 Å². The normalized spacial score (nSPS) is 16.6. The summed E-state index contributed by atoms with van der Waals surface area (Å²) in [6.45, 7) is 9.58. The minimum Gasteiger partial charge on any atom is -0.443 e. The monoisotopic (exact) mass is 398 g/mol. The quantitative estimate of drug-likeness (QED) is 0.698. The molecule has 0 aliphatic carbocycles. The average Bonchev–Trinajstić information content (AvgIpc) is 2.63. The zero-order valence-corrected chi connectivity index (χ0v) is 17.2. The molecule has 1 atom stereocenters. The van der Waals surface area contributed by atoms with E-state index in [0.717, 1.165) is 5.56 Å². The number of anilines is 1. The molecule has 3 rings (SSSR count). The van der Waals surface area contributed by atoms with Crippen LogP contribution in [0.1, 0.15) is 36.7 Å². The summed E-state index contributed by atoms with van der Waals surface area (Å²) in [7, 11) is 1.64. The van der Waals surface area contributed by atoms with E-state index >= 15 is 0 Å². The van der Waals surface area contributed by atoms with Gasteiger partial charge in [-0.15, -0.1) is 0 Å². The molecule has 1 unspecified atom stereocenters. The molecule has 0 aromatic heterocycles. The summed E-state index contributed by atoms with van der Waals surface area (Å²) < 4.78 is 5.64. The van der Waals surface area contributed by atoms with Crippen LogP contribution in [0.15, 0.2) is 55.1 Å². The van der Waals surface area contributed by atoms with Crippen LogP contribution < -0.4 is 4.90 Å². The first-order chi connectivity index (χ1) is 13.1. The Morgan fingerprint density at radius 2 is 1.79 bits per heavy atom. The maximum Gasteiger partial charge on any atom is 0.416 e. The van der Waals surface area contributed by atoms with Crippen LogP contribution in [0.4, 0.5) is 10.5 Å². The van der Waals surface area contributed by atoms with Gasteiger partial charge in [0.25, 0.3) is 5.91 Å². The molecule has 1 aliphatic rings. The lowest BCUT2D eigenvalue weighted by Crippen LogP contribution is -2.57. The van der Waals surface area contributed by atoms with E-state index in [1.165, 1.54) is 9.80 Å². The van der Waals surface area contributed by atoms with Gasteiger partial charge in [0.05, 0.1) is 11.3 Å². The Balaban J connectivity index is 2.15. The minimum absolute atomic E-state index is 0.237. The third-order valence-electron chi connectivity index (χ3n) is 4.43. The topological polar surface area (TPSA) is 49.9 Å². The fourth-order valence-corrected chi connectivity index (χ4v) is 3.37. The van der Waals surface area contributed by atoms with Gasteiger partial charge in [-0.25, -0.2) is 4.79 Å². The fourth-order valence-electron chi connectivity index (χ4n) is 3.20. The van der Waals surface area contributed by atoms with Gasteiger partial charge in [-0.2, -0.15) is 0 Å². The molecule has 1 aliphatic heterocycles. The summed E-state index contributed by atoms with van der Waals surface area (Å²) in [5.41, 5.74) is 1.55. The summed E-state index contributed by atoms with van der Waals surface area (Å²) in [5.74, 6) is -0.237. The van der Waals surface area contributed by atoms with E-state index in [4.69, 9.17) is 16.3 Å². The highest BCUT2D eigenvalue weighted by Crippen LogP contribution is 2.37. The van der Waals surface area contributed by atoms with Gasteiger partial charge >= 0.3 is 6.09 Å². The number of likely N-dealkylation sites (N-methyl/N-ethyl adjacent to an activating group) is 1. The first-order valence-electron chi connectivity index (χ1n) is 8.93. The molecule has 0 radical (unpaired) electrons. The number of halogens is 1. The number of amides is 2. The number of benzene rings is 2. The Labute approximate surface area is 170 Å². The van der Waals surface area contributed by atoms with Crippen molar-refractivity contribution in [2.75, 3.05) is 11.9 Å². The third kappa shape index (κ3) is 3.76. The lowest BCUT2D eigenvalue weighted by atomic mass is 9.98. The van der Waals surface area contributed by atoms with E-state index in [-0.39, 0.29) is 5.91 Å². The zero-order chi connectivity index (χ0) is 20.6. The molecule has 0 spiro atoms. The molecule has 0 fully saturated rings. The maximum absolute atomic E-state index is 13.2. The molecule has 2 amide bonds. The second-order valence-electron chi connectivity index (χ2n) is 7.69. The van der Waals surface area contributed by atoms with E-state index in [0.29, 0.717) is 21.8 Å². The standard InChI is InChI=1S/C22H23ClN2O3/c1-14(15-9-7-6-8-10-15)19-24(5)20(26)17-13-16(23)11-12-18(17)25(19)21(27)28-22(2,3)4/h6-13,19H,1H2,2-5H3. The Kier molecular flexibility index (Phi) is 5.22. The van der Waals surface area contributed by atoms with Crippen LogP contribution in [0, 0.1) is 0 Å². The molecule has 0 saturated carbocycles. The molecule has 0 saturated heterocycles. The van der Waals surface area contributed by atoms with Gasteiger partial charge in [0.2, 0.25) is 0 Å². The van der Waals surface area contributed by atoms with Crippen LogP contribution in [0.25, 0.3) is 5.57 Å². The third-order valence-corrected chi connectivity index (χ3v) is 4.66. The first kappa shape index (κ1) is 20.0. The predicted molar refractivity (Wildman–Crippen MR) is 112 cm³/mol. The van der Waals surface area contributed by atoms with Crippen molar-refractivity contribution in [3.8, 4) is 0 Å². The molecule has 28 heavy (non-hydrogen) atoms. The molecule has 5 nitrogen and oxygen atoms in total. The molecular weight excluding hydrogens is 376 g/mol. The van der Waals surface area contributed by atoms with Crippen LogP contribution >= 0.6 is 11.6 Å². The molecule has 6 heteroatoms. The molecule has 0 N–H and O–H groups in total. The Hall–Kier alpha value is -2.79. The molecule has 2 aromatic carbocycles. The Morgan fingerprint density at radius 1 is 1.14 bits per heavy atom. The van der Waals surface area contributed by atoms with Crippen molar-refractivity contribution >= 4 is 34.9 Å². The number of fused-ring (bicyclic) bond motifs is 1. The fraction of sp³-hybridized carbons (Fsp3) is 0.273. The van der Waals surface area contributed by atoms with E-state index in [1.807, 2.05) is 30.3 Å². The summed E-state index contributed by atoms with van der Waals surface area (Å²) in [5, 5.41) is 0.421. The number of carbonyl (C=O) groups excluding carboxylic acids is 2. The van der Waals surface area contributed by atoms with Crippen molar-refractivity contribution in [1.29, 1.82) is 0 Å². The van der Waals surface area contributed by atoms with Crippen molar-refractivity contribution in [2.24, 2.45) is 0 Å². The SMILES string of the molecule is C=C(c1ccccc1)C1N(C)C(=O)c2cc(Cl)ccc2N1C(=O)OC(C)(C)C. The van der Waals surface area contributed by atoms with E-state index < -0.39 is 17.9 Å². The highest BCUT2D eigenvalue weighted by Gasteiger charge is 2.42. The van der Waals surface area contributed by atoms with Gasteiger partial charge in [0.1, 0.15) is 11.8 Å². The number of nitrogens with zero attached hydrogens (tertiary/aromatic N) is 2. The molecular formula is C22H23ClN2O3. The second kappa shape index (κ2) is 7.32. The van der Waals surface area contributed by atoms with Gasteiger partial charge in [0.15, 0.2) is 0 Å². The largest absolute Gasteiger partial charge is 0.443 e. The van der Waals surface area contributed by atoms with Crippen LogP contribution in [0.5, 0.6) is 0 Å². The van der Waals surface area contributed by atoms with Crippen LogP contribution in [0.2, 0.25) is 5.02 Å². The summed E-state index contributed by atoms with van der Waals surface area (Å²) in [6, 6.07) is 14.3. The Bertz CT molecular complexity index is 935. The van der Waals surface area contributed by atoms with Crippen molar-refractivity contribution in [3.63, 3.8) is 0 Å². The summed E-state index contributed by atoms with van der Waals surface area (Å²) in [6.07, 6.45) is -1.28. The van der Waals surface area contributed by atoms with Crippen LogP contribution in [-0.2, 0) is 4.74 Å². The maximum atomic E-state index is 13.2. The van der Waals surface area contributed by atoms with E-state index in [9.17, 15) is 9.59 Å². The highest BCUT2D eigenvalue weighted by molar-refractivity contribution is 6.31. The molecule has 2 aromatic rings. The van der Waals surface area contributed by atoms with Crippen molar-refractivity contribution in [3.05, 3.63) is 71.3 Å². The van der Waals surface area contributed by atoms with Crippen molar-refractivity contribution < 1.29 is 14.3 Å². The number of hydrogen-bond acceptors (Lipinski definition) is 3. The number of hydrogen-bond donors (Lipinski definition) is 0. The summed E-state index contributed by atoms with van der Waals surface area (Å²) >= 11 is 6.10. The lowest BCUT2D eigenvalue weighted by Gasteiger charge is -2.43. The van der Waals surface area contributed by atoms with Crippen LogP contribution in [0.3, 0.4) is 0 Å². The van der Waals surface area contributed by atoms with E-state index in [2.05, 4.69) is 6.58 Å². The number of carbonyl (C=O) groups is 2. The minimum atomic E-state index is -0.724.